The molecule has 0 radical (unpaired) electrons. The Balaban J connectivity index is 1.70. The zero-order valence-corrected chi connectivity index (χ0v) is 14.5. The van der Waals surface area contributed by atoms with Crippen molar-refractivity contribution in [3.63, 3.8) is 0 Å². The number of anilines is 1. The molecule has 0 aliphatic carbocycles. The molecule has 7 heteroatoms. The van der Waals surface area contributed by atoms with Crippen LogP contribution in [0, 0.1) is 0 Å². The predicted octanol–water partition coefficient (Wildman–Crippen LogP) is 2.47. The largest absolute Gasteiger partial charge is 0.340 e. The van der Waals surface area contributed by atoms with Crippen LogP contribution in [0.4, 0.5) is 5.95 Å². The van der Waals surface area contributed by atoms with Gasteiger partial charge in [0.1, 0.15) is 0 Å². The van der Waals surface area contributed by atoms with Gasteiger partial charge in [0.15, 0.2) is 0 Å². The zero-order chi connectivity index (χ0) is 16.2. The van der Waals surface area contributed by atoms with Crippen molar-refractivity contribution in [1.29, 1.82) is 0 Å². The highest BCUT2D eigenvalue weighted by Gasteiger charge is 2.16. The lowest BCUT2D eigenvalue weighted by Gasteiger charge is -2.32. The minimum atomic E-state index is -0.0966. The van der Waals surface area contributed by atoms with Crippen LogP contribution in [0.25, 0.3) is 0 Å². The second-order valence-corrected chi connectivity index (χ2v) is 7.08. The Hall–Kier alpha value is -1.50. The highest BCUT2D eigenvalue weighted by Crippen LogP contribution is 2.23. The van der Waals surface area contributed by atoms with Crippen molar-refractivity contribution in [3.05, 3.63) is 51.4 Å². The molecule has 0 amide bonds. The maximum atomic E-state index is 11.9. The first kappa shape index (κ1) is 16.4. The van der Waals surface area contributed by atoms with Gasteiger partial charge in [-0.25, -0.2) is 4.98 Å². The Morgan fingerprint density at radius 3 is 2.61 bits per heavy atom. The number of nitrogens with one attached hydrogen (secondary N) is 1. The van der Waals surface area contributed by atoms with E-state index in [1.54, 1.807) is 17.8 Å². The van der Waals surface area contributed by atoms with Crippen LogP contribution in [0.3, 0.4) is 0 Å². The van der Waals surface area contributed by atoms with Crippen LogP contribution in [-0.2, 0) is 5.75 Å². The standard InChI is InChI=1S/C16H19ClN4OS/c1-20-6-8-21(9-7-20)16-18-13(10-15(22)19-16)11-23-14-4-2-12(17)3-5-14/h2-5,10H,6-9,11H2,1H3,(H,18,19,22). The van der Waals surface area contributed by atoms with Gasteiger partial charge in [0.25, 0.3) is 5.56 Å². The van der Waals surface area contributed by atoms with Crippen LogP contribution in [0.2, 0.25) is 5.02 Å². The van der Waals surface area contributed by atoms with Gasteiger partial charge in [-0.2, -0.15) is 0 Å². The highest BCUT2D eigenvalue weighted by molar-refractivity contribution is 7.98. The van der Waals surface area contributed by atoms with Crippen molar-refractivity contribution in [3.8, 4) is 0 Å². The summed E-state index contributed by atoms with van der Waals surface area (Å²) in [5.41, 5.74) is 0.697. The lowest BCUT2D eigenvalue weighted by atomic mass is 10.3. The number of likely N-dealkylation sites (N-methyl/N-ethyl adjacent to an activating group) is 1. The molecule has 122 valence electrons. The summed E-state index contributed by atoms with van der Waals surface area (Å²) in [4.78, 5) is 24.9. The maximum Gasteiger partial charge on any atom is 0.252 e. The van der Waals surface area contributed by atoms with Crippen LogP contribution in [0.15, 0.2) is 40.0 Å². The number of piperazine rings is 1. The number of thioether (sulfide) groups is 1. The minimum Gasteiger partial charge on any atom is -0.340 e. The molecule has 2 heterocycles. The van der Waals surface area contributed by atoms with E-state index in [2.05, 4.69) is 26.8 Å². The molecule has 1 saturated heterocycles. The molecule has 1 aliphatic rings. The fourth-order valence-corrected chi connectivity index (χ4v) is 3.34. The van der Waals surface area contributed by atoms with E-state index < -0.39 is 0 Å². The fourth-order valence-electron chi connectivity index (χ4n) is 2.42. The van der Waals surface area contributed by atoms with Gasteiger partial charge >= 0.3 is 0 Å². The lowest BCUT2D eigenvalue weighted by Crippen LogP contribution is -2.45. The summed E-state index contributed by atoms with van der Waals surface area (Å²) < 4.78 is 0. The molecule has 2 aromatic rings. The van der Waals surface area contributed by atoms with E-state index in [4.69, 9.17) is 11.6 Å². The predicted molar refractivity (Wildman–Crippen MR) is 95.6 cm³/mol. The summed E-state index contributed by atoms with van der Waals surface area (Å²) in [6, 6.07) is 9.25. The van der Waals surface area contributed by atoms with Gasteiger partial charge in [-0.3, -0.25) is 9.78 Å². The molecular weight excluding hydrogens is 332 g/mol. The average molecular weight is 351 g/mol. The molecule has 0 spiro atoms. The summed E-state index contributed by atoms with van der Waals surface area (Å²) >= 11 is 7.54. The van der Waals surface area contributed by atoms with Gasteiger partial charge in [-0.05, 0) is 31.3 Å². The number of H-pyrrole nitrogens is 1. The Morgan fingerprint density at radius 1 is 1.22 bits per heavy atom. The smallest absolute Gasteiger partial charge is 0.252 e. The van der Waals surface area contributed by atoms with E-state index in [0.717, 1.165) is 41.8 Å². The molecule has 1 aliphatic heterocycles. The Kier molecular flexibility index (Phi) is 5.25. The van der Waals surface area contributed by atoms with Crippen molar-refractivity contribution in [2.75, 3.05) is 38.1 Å². The summed E-state index contributed by atoms with van der Waals surface area (Å²) in [7, 11) is 2.10. The van der Waals surface area contributed by atoms with Crippen LogP contribution in [-0.4, -0.2) is 48.1 Å². The Bertz CT molecular complexity index is 711. The molecule has 0 bridgehead atoms. The summed E-state index contributed by atoms with van der Waals surface area (Å²) in [6.45, 7) is 3.72. The first-order valence-electron chi connectivity index (χ1n) is 7.52. The first-order valence-corrected chi connectivity index (χ1v) is 8.88. The summed E-state index contributed by atoms with van der Waals surface area (Å²) in [5, 5.41) is 0.723. The second-order valence-electron chi connectivity index (χ2n) is 5.59. The Morgan fingerprint density at radius 2 is 1.91 bits per heavy atom. The monoisotopic (exact) mass is 350 g/mol. The number of aromatic nitrogens is 2. The normalized spacial score (nSPS) is 15.8. The van der Waals surface area contributed by atoms with Crippen molar-refractivity contribution in [2.24, 2.45) is 0 Å². The van der Waals surface area contributed by atoms with Gasteiger partial charge in [0.2, 0.25) is 5.95 Å². The van der Waals surface area contributed by atoms with Crippen molar-refractivity contribution >= 4 is 29.3 Å². The number of rotatable bonds is 4. The number of aromatic amines is 1. The number of nitrogens with zero attached hydrogens (tertiary/aromatic N) is 3. The van der Waals surface area contributed by atoms with Crippen LogP contribution in [0.5, 0.6) is 0 Å². The van der Waals surface area contributed by atoms with Gasteiger partial charge < -0.3 is 9.80 Å². The van der Waals surface area contributed by atoms with Crippen LogP contribution in [0.1, 0.15) is 5.69 Å². The number of hydrogen-bond acceptors (Lipinski definition) is 5. The topological polar surface area (TPSA) is 52.2 Å². The van der Waals surface area contributed by atoms with E-state index in [1.807, 2.05) is 24.3 Å². The molecule has 1 aromatic carbocycles. The van der Waals surface area contributed by atoms with Crippen LogP contribution >= 0.6 is 23.4 Å². The zero-order valence-electron chi connectivity index (χ0n) is 13.0. The fraction of sp³-hybridized carbons (Fsp3) is 0.375. The summed E-state index contributed by atoms with van der Waals surface area (Å²) in [6.07, 6.45) is 0. The SMILES string of the molecule is CN1CCN(c2nc(CSc3ccc(Cl)cc3)cc(=O)[nH]2)CC1. The number of hydrogen-bond donors (Lipinski definition) is 1. The molecule has 0 unspecified atom stereocenters. The molecule has 0 atom stereocenters. The molecule has 3 rings (SSSR count). The van der Waals surface area contributed by atoms with Gasteiger partial charge in [-0.1, -0.05) is 11.6 Å². The van der Waals surface area contributed by atoms with E-state index >= 15 is 0 Å². The summed E-state index contributed by atoms with van der Waals surface area (Å²) in [5.74, 6) is 1.34. The van der Waals surface area contributed by atoms with Gasteiger partial charge in [0.05, 0.1) is 5.69 Å². The molecule has 23 heavy (non-hydrogen) atoms. The third-order valence-corrected chi connectivity index (χ3v) is 5.08. The average Bonchev–Trinajstić information content (AvgIpc) is 2.54. The highest BCUT2D eigenvalue weighted by atomic mass is 35.5. The van der Waals surface area contributed by atoms with E-state index in [9.17, 15) is 4.79 Å². The molecule has 0 saturated carbocycles. The quantitative estimate of drug-likeness (QED) is 0.858. The molecular formula is C16H19ClN4OS. The second kappa shape index (κ2) is 7.38. The molecule has 1 N–H and O–H groups in total. The lowest BCUT2D eigenvalue weighted by molar-refractivity contribution is 0.311. The van der Waals surface area contributed by atoms with Gasteiger partial charge in [-0.15, -0.1) is 11.8 Å². The van der Waals surface area contributed by atoms with Crippen molar-refractivity contribution < 1.29 is 0 Å². The molecule has 1 aromatic heterocycles. The van der Waals surface area contributed by atoms with E-state index in [0.29, 0.717) is 11.7 Å². The van der Waals surface area contributed by atoms with E-state index in [1.165, 1.54) is 0 Å². The van der Waals surface area contributed by atoms with Gasteiger partial charge in [0, 0.05) is 47.9 Å². The molecule has 1 fully saturated rings. The number of benzene rings is 1. The third kappa shape index (κ3) is 4.50. The maximum absolute atomic E-state index is 11.9. The Labute approximate surface area is 144 Å². The molecule has 5 nitrogen and oxygen atoms in total. The minimum absolute atomic E-state index is 0.0966. The first-order chi connectivity index (χ1) is 11.1. The van der Waals surface area contributed by atoms with Crippen molar-refractivity contribution in [1.82, 2.24) is 14.9 Å². The van der Waals surface area contributed by atoms with Crippen molar-refractivity contribution in [2.45, 2.75) is 10.6 Å². The van der Waals surface area contributed by atoms with Crippen LogP contribution < -0.4 is 10.5 Å². The number of halogens is 1. The third-order valence-electron chi connectivity index (χ3n) is 3.79. The van der Waals surface area contributed by atoms with E-state index in [-0.39, 0.29) is 5.56 Å².